The highest BCUT2D eigenvalue weighted by Crippen LogP contribution is 2.28. The van der Waals surface area contributed by atoms with E-state index in [0.29, 0.717) is 35.2 Å². The van der Waals surface area contributed by atoms with Crippen LogP contribution in [0.4, 0.5) is 11.6 Å². The van der Waals surface area contributed by atoms with Crippen molar-refractivity contribution in [2.45, 2.75) is 6.54 Å². The molecule has 0 aliphatic rings. The first-order chi connectivity index (χ1) is 14.1. The molecule has 0 aliphatic carbocycles. The number of carbonyl (C=O) groups is 1. The minimum absolute atomic E-state index is 0.293. The van der Waals surface area contributed by atoms with E-state index in [0.717, 1.165) is 11.3 Å². The van der Waals surface area contributed by atoms with Gasteiger partial charge in [0.2, 0.25) is 0 Å². The molecule has 3 aromatic rings. The molecule has 8 nitrogen and oxygen atoms in total. The van der Waals surface area contributed by atoms with Gasteiger partial charge in [0.15, 0.2) is 5.82 Å². The molecule has 0 bridgehead atoms. The monoisotopic (exact) mass is 394 g/mol. The maximum Gasteiger partial charge on any atom is 0.264 e. The summed E-state index contributed by atoms with van der Waals surface area (Å²) in [6, 6.07) is 16.3. The van der Waals surface area contributed by atoms with Crippen molar-refractivity contribution in [3.63, 3.8) is 0 Å². The second-order valence-corrected chi connectivity index (χ2v) is 6.00. The molecule has 1 aromatic heterocycles. The Balaban J connectivity index is 1.64. The van der Waals surface area contributed by atoms with Gasteiger partial charge in [-0.1, -0.05) is 18.2 Å². The van der Waals surface area contributed by atoms with Gasteiger partial charge < -0.3 is 24.8 Å². The predicted molar refractivity (Wildman–Crippen MR) is 110 cm³/mol. The number of ether oxygens (including phenoxy) is 3. The van der Waals surface area contributed by atoms with Crippen molar-refractivity contribution < 1.29 is 19.0 Å². The number of hydrogen-bond acceptors (Lipinski definition) is 7. The second kappa shape index (κ2) is 9.41. The molecule has 0 aliphatic heterocycles. The van der Waals surface area contributed by atoms with Gasteiger partial charge in [-0.3, -0.25) is 4.79 Å². The van der Waals surface area contributed by atoms with Gasteiger partial charge in [-0.25, -0.2) is 0 Å². The number of nitrogens with one attached hydrogen (secondary N) is 2. The van der Waals surface area contributed by atoms with Crippen molar-refractivity contribution in [3.05, 3.63) is 65.7 Å². The van der Waals surface area contributed by atoms with Gasteiger partial charge in [0, 0.05) is 6.54 Å². The predicted octanol–water partition coefficient (Wildman–Crippen LogP) is 3.37. The Kier molecular flexibility index (Phi) is 6.47. The van der Waals surface area contributed by atoms with E-state index < -0.39 is 5.91 Å². The Hall–Kier alpha value is -3.81. The number of rotatable bonds is 8. The SMILES string of the molecule is COc1ccc(CNc2ccc(NC(=O)c3c(OC)cccc3OC)nn2)cc1. The van der Waals surface area contributed by atoms with Gasteiger partial charge in [0.05, 0.1) is 21.3 Å². The van der Waals surface area contributed by atoms with E-state index in [1.165, 1.54) is 14.2 Å². The first kappa shape index (κ1) is 19.9. The van der Waals surface area contributed by atoms with Crippen LogP contribution in [0.1, 0.15) is 15.9 Å². The van der Waals surface area contributed by atoms with Crippen LogP contribution in [-0.2, 0) is 6.54 Å². The molecule has 150 valence electrons. The molecule has 2 N–H and O–H groups in total. The van der Waals surface area contributed by atoms with Crippen LogP contribution < -0.4 is 24.8 Å². The minimum atomic E-state index is -0.396. The van der Waals surface area contributed by atoms with Crippen molar-refractivity contribution in [1.29, 1.82) is 0 Å². The lowest BCUT2D eigenvalue weighted by molar-refractivity contribution is 0.102. The van der Waals surface area contributed by atoms with Gasteiger partial charge in [-0.2, -0.15) is 0 Å². The van der Waals surface area contributed by atoms with Crippen molar-refractivity contribution in [2.24, 2.45) is 0 Å². The fourth-order valence-electron chi connectivity index (χ4n) is 2.68. The average molecular weight is 394 g/mol. The summed E-state index contributed by atoms with van der Waals surface area (Å²) in [5.74, 6) is 2.14. The molecular weight excluding hydrogens is 372 g/mol. The van der Waals surface area contributed by atoms with E-state index in [9.17, 15) is 4.79 Å². The number of carbonyl (C=O) groups excluding carboxylic acids is 1. The maximum absolute atomic E-state index is 12.7. The van der Waals surface area contributed by atoms with Crippen molar-refractivity contribution in [2.75, 3.05) is 32.0 Å². The van der Waals surface area contributed by atoms with Crippen molar-refractivity contribution in [3.8, 4) is 17.2 Å². The van der Waals surface area contributed by atoms with E-state index in [4.69, 9.17) is 14.2 Å². The van der Waals surface area contributed by atoms with Gasteiger partial charge in [0.25, 0.3) is 5.91 Å². The largest absolute Gasteiger partial charge is 0.497 e. The summed E-state index contributed by atoms with van der Waals surface area (Å²) in [7, 11) is 4.62. The Bertz CT molecular complexity index is 937. The Morgan fingerprint density at radius 1 is 0.828 bits per heavy atom. The zero-order valence-electron chi connectivity index (χ0n) is 16.4. The fourth-order valence-corrected chi connectivity index (χ4v) is 2.68. The quantitative estimate of drug-likeness (QED) is 0.605. The van der Waals surface area contributed by atoms with Crippen molar-refractivity contribution >= 4 is 17.5 Å². The second-order valence-electron chi connectivity index (χ2n) is 6.00. The molecule has 0 spiro atoms. The Morgan fingerprint density at radius 2 is 1.45 bits per heavy atom. The van der Waals surface area contributed by atoms with E-state index in [1.54, 1.807) is 37.4 Å². The highest BCUT2D eigenvalue weighted by Gasteiger charge is 2.18. The summed E-state index contributed by atoms with van der Waals surface area (Å²) in [6.07, 6.45) is 0. The lowest BCUT2D eigenvalue weighted by Gasteiger charge is -2.12. The van der Waals surface area contributed by atoms with Crippen LogP contribution in [0.3, 0.4) is 0 Å². The Morgan fingerprint density at radius 3 is 2.00 bits per heavy atom. The number of anilines is 2. The lowest BCUT2D eigenvalue weighted by Crippen LogP contribution is -2.16. The molecule has 0 radical (unpaired) electrons. The Labute approximate surface area is 168 Å². The molecule has 1 heterocycles. The topological polar surface area (TPSA) is 94.6 Å². The summed E-state index contributed by atoms with van der Waals surface area (Å²) in [5.41, 5.74) is 1.37. The average Bonchev–Trinajstić information content (AvgIpc) is 2.78. The van der Waals surface area contributed by atoms with E-state index in [2.05, 4.69) is 20.8 Å². The van der Waals surface area contributed by atoms with Crippen molar-refractivity contribution in [1.82, 2.24) is 10.2 Å². The van der Waals surface area contributed by atoms with Gasteiger partial charge in [-0.05, 0) is 42.0 Å². The standard InChI is InChI=1S/C21H22N4O4/c1-27-15-9-7-14(8-10-15)13-22-18-11-12-19(25-24-18)23-21(26)20-16(28-2)5-4-6-17(20)29-3/h4-12H,13H2,1-3H3,(H,22,24)(H,23,25,26). The third kappa shape index (κ3) is 4.92. The zero-order chi connectivity index (χ0) is 20.6. The number of amides is 1. The first-order valence-electron chi connectivity index (χ1n) is 8.87. The van der Waals surface area contributed by atoms with Crippen LogP contribution >= 0.6 is 0 Å². The smallest absolute Gasteiger partial charge is 0.264 e. The molecule has 0 unspecified atom stereocenters. The van der Waals surface area contributed by atoms with Gasteiger partial charge in [-0.15, -0.1) is 10.2 Å². The molecule has 1 amide bonds. The van der Waals surface area contributed by atoms with Crippen LogP contribution in [0.15, 0.2) is 54.6 Å². The molecule has 0 fully saturated rings. The molecule has 29 heavy (non-hydrogen) atoms. The normalized spacial score (nSPS) is 10.2. The third-order valence-corrected chi connectivity index (χ3v) is 4.19. The number of methoxy groups -OCH3 is 3. The van der Waals surface area contributed by atoms with Crippen LogP contribution in [0.2, 0.25) is 0 Å². The molecule has 2 aromatic carbocycles. The van der Waals surface area contributed by atoms with E-state index in [-0.39, 0.29) is 0 Å². The highest BCUT2D eigenvalue weighted by atomic mass is 16.5. The number of benzene rings is 2. The summed E-state index contributed by atoms with van der Waals surface area (Å²) in [4.78, 5) is 12.7. The van der Waals surface area contributed by atoms with E-state index >= 15 is 0 Å². The molecule has 0 saturated heterocycles. The summed E-state index contributed by atoms with van der Waals surface area (Å²) in [6.45, 7) is 0.586. The van der Waals surface area contributed by atoms with Crippen LogP contribution in [0.5, 0.6) is 17.2 Å². The van der Waals surface area contributed by atoms with Gasteiger partial charge in [0.1, 0.15) is 28.6 Å². The first-order valence-corrected chi connectivity index (χ1v) is 8.87. The zero-order valence-corrected chi connectivity index (χ0v) is 16.4. The molecule has 0 atom stereocenters. The van der Waals surface area contributed by atoms with Crippen LogP contribution in [0.25, 0.3) is 0 Å². The molecule has 3 rings (SSSR count). The number of aromatic nitrogens is 2. The van der Waals surface area contributed by atoms with Crippen LogP contribution in [-0.4, -0.2) is 37.4 Å². The third-order valence-electron chi connectivity index (χ3n) is 4.19. The minimum Gasteiger partial charge on any atom is -0.497 e. The van der Waals surface area contributed by atoms with E-state index in [1.807, 2.05) is 24.3 Å². The van der Waals surface area contributed by atoms with Gasteiger partial charge >= 0.3 is 0 Å². The summed E-state index contributed by atoms with van der Waals surface area (Å²) in [5, 5.41) is 14.0. The summed E-state index contributed by atoms with van der Waals surface area (Å²) < 4.78 is 15.7. The molecule has 0 saturated carbocycles. The highest BCUT2D eigenvalue weighted by molar-refractivity contribution is 6.07. The number of nitrogens with zero attached hydrogens (tertiary/aromatic N) is 2. The molecule has 8 heteroatoms. The van der Waals surface area contributed by atoms with Crippen LogP contribution in [0, 0.1) is 0 Å². The fraction of sp³-hybridized carbons (Fsp3) is 0.190. The molecular formula is C21H22N4O4. The number of hydrogen-bond donors (Lipinski definition) is 2. The summed E-state index contributed by atoms with van der Waals surface area (Å²) >= 11 is 0. The maximum atomic E-state index is 12.7. The lowest BCUT2D eigenvalue weighted by atomic mass is 10.1.